The Bertz CT molecular complexity index is 491. The Morgan fingerprint density at radius 3 is 2.71 bits per heavy atom. The van der Waals surface area contributed by atoms with Crippen molar-refractivity contribution in [3.05, 3.63) is 33.4 Å². The highest BCUT2D eigenvalue weighted by molar-refractivity contribution is 9.10. The summed E-state index contributed by atoms with van der Waals surface area (Å²) in [5.74, 6) is 0.513. The van der Waals surface area contributed by atoms with E-state index in [1.165, 1.54) is 0 Å². The van der Waals surface area contributed by atoms with Crippen LogP contribution < -0.4 is 10.6 Å². The number of rotatable bonds is 2. The van der Waals surface area contributed by atoms with E-state index in [0.717, 1.165) is 34.4 Å². The molecule has 2 heterocycles. The van der Waals surface area contributed by atoms with Crippen LogP contribution in [-0.4, -0.2) is 24.0 Å². The summed E-state index contributed by atoms with van der Waals surface area (Å²) in [4.78, 5) is 16.2. The van der Waals surface area contributed by atoms with Gasteiger partial charge < -0.3 is 10.6 Å². The molecule has 0 unspecified atom stereocenters. The van der Waals surface area contributed by atoms with E-state index in [9.17, 15) is 4.79 Å². The van der Waals surface area contributed by atoms with Crippen LogP contribution in [0.2, 0.25) is 0 Å². The second kappa shape index (κ2) is 4.98. The van der Waals surface area contributed by atoms with Crippen LogP contribution in [0, 0.1) is 6.92 Å². The number of aromatic nitrogens is 1. The summed E-state index contributed by atoms with van der Waals surface area (Å²) in [6, 6.07) is 3.66. The largest absolute Gasteiger partial charge is 0.309 e. The first kappa shape index (κ1) is 12.3. The van der Waals surface area contributed by atoms with Crippen molar-refractivity contribution in [1.82, 2.24) is 10.3 Å². The molecule has 4 nitrogen and oxygen atoms in total. The van der Waals surface area contributed by atoms with E-state index in [2.05, 4.69) is 31.5 Å². The molecular weight excluding hydrogens is 282 g/mol. The van der Waals surface area contributed by atoms with Gasteiger partial charge in [-0.1, -0.05) is 0 Å². The minimum Gasteiger partial charge on any atom is -0.309 e. The SMILES string of the molecule is CC(C(=O)Nc1ccc(Br)c(C)n1)=C1CNC1. The molecule has 1 fully saturated rings. The minimum absolute atomic E-state index is 0.0734. The van der Waals surface area contributed by atoms with Crippen LogP contribution in [0.5, 0.6) is 0 Å². The molecule has 90 valence electrons. The Morgan fingerprint density at radius 1 is 1.47 bits per heavy atom. The smallest absolute Gasteiger partial charge is 0.252 e. The molecule has 0 bridgehead atoms. The first-order valence-corrected chi connectivity index (χ1v) is 6.21. The normalized spacial score (nSPS) is 14.2. The highest BCUT2D eigenvalue weighted by Crippen LogP contribution is 2.17. The number of anilines is 1. The van der Waals surface area contributed by atoms with Gasteiger partial charge in [-0.3, -0.25) is 4.79 Å². The van der Waals surface area contributed by atoms with E-state index < -0.39 is 0 Å². The lowest BCUT2D eigenvalue weighted by molar-refractivity contribution is -0.112. The minimum atomic E-state index is -0.0734. The highest BCUT2D eigenvalue weighted by Gasteiger charge is 2.16. The molecule has 2 N–H and O–H groups in total. The third-order valence-corrected chi connectivity index (χ3v) is 3.65. The van der Waals surface area contributed by atoms with Crippen molar-refractivity contribution < 1.29 is 4.79 Å². The average Bonchev–Trinajstić information content (AvgIpc) is 2.21. The van der Waals surface area contributed by atoms with Crippen LogP contribution in [0.25, 0.3) is 0 Å². The van der Waals surface area contributed by atoms with Crippen molar-refractivity contribution in [3.63, 3.8) is 0 Å². The molecule has 5 heteroatoms. The lowest BCUT2D eigenvalue weighted by atomic mass is 10.0. The van der Waals surface area contributed by atoms with Gasteiger partial charge in [0, 0.05) is 23.1 Å². The van der Waals surface area contributed by atoms with Crippen LogP contribution in [0.15, 0.2) is 27.8 Å². The average molecular weight is 296 g/mol. The van der Waals surface area contributed by atoms with Crippen LogP contribution in [0.3, 0.4) is 0 Å². The fourth-order valence-electron chi connectivity index (χ4n) is 1.50. The number of pyridine rings is 1. The van der Waals surface area contributed by atoms with Crippen LogP contribution in [0.1, 0.15) is 12.6 Å². The van der Waals surface area contributed by atoms with Crippen molar-refractivity contribution in [1.29, 1.82) is 0 Å². The molecule has 2 rings (SSSR count). The zero-order chi connectivity index (χ0) is 12.4. The molecular formula is C12H14BrN3O. The summed E-state index contributed by atoms with van der Waals surface area (Å²) in [6.45, 7) is 5.36. The molecule has 1 aliphatic rings. The summed E-state index contributed by atoms with van der Waals surface area (Å²) >= 11 is 3.38. The van der Waals surface area contributed by atoms with Crippen molar-refractivity contribution in [3.8, 4) is 0 Å². The standard InChI is InChI=1S/C12H14BrN3O/c1-7(9-5-14-6-9)12(17)16-11-4-3-10(13)8(2)15-11/h3-4,14H,5-6H2,1-2H3,(H,15,16,17). The topological polar surface area (TPSA) is 54.0 Å². The Hall–Kier alpha value is -1.20. The van der Waals surface area contributed by atoms with Gasteiger partial charge in [0.2, 0.25) is 0 Å². The van der Waals surface area contributed by atoms with Gasteiger partial charge in [-0.15, -0.1) is 0 Å². The fraction of sp³-hybridized carbons (Fsp3) is 0.333. The van der Waals surface area contributed by atoms with Gasteiger partial charge in [0.05, 0.1) is 5.69 Å². The summed E-state index contributed by atoms with van der Waals surface area (Å²) in [5.41, 5.74) is 2.81. The molecule has 0 radical (unpaired) electrons. The number of carbonyl (C=O) groups excluding carboxylic acids is 1. The van der Waals surface area contributed by atoms with E-state index in [1.54, 1.807) is 6.07 Å². The van der Waals surface area contributed by atoms with Crippen LogP contribution in [0.4, 0.5) is 5.82 Å². The maximum Gasteiger partial charge on any atom is 0.252 e. The monoisotopic (exact) mass is 295 g/mol. The number of nitrogens with zero attached hydrogens (tertiary/aromatic N) is 1. The highest BCUT2D eigenvalue weighted by atomic mass is 79.9. The molecule has 1 saturated heterocycles. The first-order chi connectivity index (χ1) is 8.08. The summed E-state index contributed by atoms with van der Waals surface area (Å²) in [5, 5.41) is 5.92. The number of hydrogen-bond donors (Lipinski definition) is 2. The third kappa shape index (κ3) is 2.73. The van der Waals surface area contributed by atoms with Gasteiger partial charge >= 0.3 is 0 Å². The Balaban J connectivity index is 2.10. The summed E-state index contributed by atoms with van der Waals surface area (Å²) in [7, 11) is 0. The van der Waals surface area contributed by atoms with Crippen molar-refractivity contribution >= 4 is 27.7 Å². The predicted molar refractivity (Wildman–Crippen MR) is 70.9 cm³/mol. The zero-order valence-electron chi connectivity index (χ0n) is 9.80. The molecule has 17 heavy (non-hydrogen) atoms. The predicted octanol–water partition coefficient (Wildman–Crippen LogP) is 2.01. The third-order valence-electron chi connectivity index (χ3n) is 2.81. The van der Waals surface area contributed by atoms with E-state index in [0.29, 0.717) is 5.82 Å². The van der Waals surface area contributed by atoms with Gasteiger partial charge in [-0.05, 0) is 47.5 Å². The van der Waals surface area contributed by atoms with Gasteiger partial charge in [-0.2, -0.15) is 0 Å². The number of aryl methyl sites for hydroxylation is 1. The Kier molecular flexibility index (Phi) is 3.59. The van der Waals surface area contributed by atoms with E-state index in [4.69, 9.17) is 0 Å². The zero-order valence-corrected chi connectivity index (χ0v) is 11.4. The second-order valence-electron chi connectivity index (χ2n) is 4.05. The van der Waals surface area contributed by atoms with Gasteiger partial charge in [0.15, 0.2) is 0 Å². The molecule has 1 aliphatic heterocycles. The first-order valence-electron chi connectivity index (χ1n) is 5.42. The van der Waals surface area contributed by atoms with Gasteiger partial charge in [0.1, 0.15) is 5.82 Å². The van der Waals surface area contributed by atoms with E-state index in [1.807, 2.05) is 19.9 Å². The lowest BCUT2D eigenvalue weighted by Gasteiger charge is -2.21. The van der Waals surface area contributed by atoms with Crippen molar-refractivity contribution in [2.75, 3.05) is 18.4 Å². The molecule has 0 aliphatic carbocycles. The Labute approximate surface area is 109 Å². The number of amides is 1. The number of halogens is 1. The Morgan fingerprint density at radius 2 is 2.18 bits per heavy atom. The van der Waals surface area contributed by atoms with Crippen LogP contribution in [-0.2, 0) is 4.79 Å². The molecule has 0 atom stereocenters. The number of nitrogens with one attached hydrogen (secondary N) is 2. The molecule has 0 saturated carbocycles. The van der Waals surface area contributed by atoms with Crippen LogP contribution >= 0.6 is 15.9 Å². The van der Waals surface area contributed by atoms with E-state index >= 15 is 0 Å². The van der Waals surface area contributed by atoms with Crippen molar-refractivity contribution in [2.45, 2.75) is 13.8 Å². The molecule has 0 spiro atoms. The molecule has 1 aromatic rings. The summed E-state index contributed by atoms with van der Waals surface area (Å²) < 4.78 is 0.939. The molecule has 1 aromatic heterocycles. The summed E-state index contributed by atoms with van der Waals surface area (Å²) in [6.07, 6.45) is 0. The fourth-order valence-corrected chi connectivity index (χ4v) is 1.72. The van der Waals surface area contributed by atoms with E-state index in [-0.39, 0.29) is 5.91 Å². The van der Waals surface area contributed by atoms with Gasteiger partial charge in [0.25, 0.3) is 5.91 Å². The molecule has 0 aromatic carbocycles. The lowest BCUT2D eigenvalue weighted by Crippen LogP contribution is -2.36. The quantitative estimate of drug-likeness (QED) is 0.821. The molecule has 1 amide bonds. The van der Waals surface area contributed by atoms with Gasteiger partial charge in [-0.25, -0.2) is 4.98 Å². The number of carbonyl (C=O) groups is 1. The number of hydrogen-bond acceptors (Lipinski definition) is 3. The maximum atomic E-state index is 11.9. The second-order valence-corrected chi connectivity index (χ2v) is 4.90. The maximum absolute atomic E-state index is 11.9. The van der Waals surface area contributed by atoms with Crippen molar-refractivity contribution in [2.24, 2.45) is 0 Å².